The van der Waals surface area contributed by atoms with Gasteiger partial charge >= 0.3 is 11.9 Å². The quantitative estimate of drug-likeness (QED) is 0.226. The first-order valence-electron chi connectivity index (χ1n) is 5.01. The van der Waals surface area contributed by atoms with Crippen molar-refractivity contribution in [3.8, 4) is 0 Å². The van der Waals surface area contributed by atoms with E-state index in [1.54, 1.807) is 0 Å². The van der Waals surface area contributed by atoms with E-state index in [0.29, 0.717) is 6.92 Å². The van der Waals surface area contributed by atoms with Crippen LogP contribution in [-0.4, -0.2) is 88.9 Å². The van der Waals surface area contributed by atoms with Gasteiger partial charge in [0.2, 0.25) is 11.2 Å². The van der Waals surface area contributed by atoms with Crippen molar-refractivity contribution in [3.05, 3.63) is 0 Å². The number of aliphatic hydroxyl groups excluding tert-OH is 4. The summed E-state index contributed by atoms with van der Waals surface area (Å²) in [6.45, 7) is -0.701. The highest BCUT2D eigenvalue weighted by molar-refractivity contribution is 5.91. The molecule has 0 saturated heterocycles. The molecule has 0 rings (SSSR count). The van der Waals surface area contributed by atoms with E-state index in [-0.39, 0.29) is 0 Å². The highest BCUT2D eigenvalue weighted by Crippen LogP contribution is 2.29. The molecule has 0 heterocycles. The van der Waals surface area contributed by atoms with E-state index in [2.05, 4.69) is 0 Å². The van der Waals surface area contributed by atoms with Gasteiger partial charge in [-0.3, -0.25) is 0 Å². The minimum absolute atomic E-state index is 0.394. The fraction of sp³-hybridized carbons (Fsp3) is 0.778. The molecule has 0 aromatic heterocycles. The van der Waals surface area contributed by atoms with Crippen LogP contribution in [0, 0.1) is 0 Å². The van der Waals surface area contributed by atoms with Crippen LogP contribution in [0.5, 0.6) is 0 Å². The highest BCUT2D eigenvalue weighted by Gasteiger charge is 2.64. The third-order valence-electron chi connectivity index (χ3n) is 2.82. The van der Waals surface area contributed by atoms with Gasteiger partial charge in [0.15, 0.2) is 0 Å². The smallest absolute Gasteiger partial charge is 0.342 e. The van der Waals surface area contributed by atoms with Crippen molar-refractivity contribution in [2.75, 3.05) is 6.61 Å². The summed E-state index contributed by atoms with van der Waals surface area (Å²) in [7, 11) is 0. The number of hydrogen-bond acceptors (Lipinski definition) is 8. The summed E-state index contributed by atoms with van der Waals surface area (Å²) in [5.74, 6) is -4.52. The molecule has 8 N–H and O–H groups in total. The van der Waals surface area contributed by atoms with Crippen LogP contribution in [0.1, 0.15) is 6.92 Å². The SMILES string of the molecule is CC(O)(C(=O)O)C(O)(C(=O)O)C(O)C(O)C(O)CO. The molecule has 0 aliphatic rings. The van der Waals surface area contributed by atoms with Gasteiger partial charge in [0.25, 0.3) is 0 Å². The molecule has 10 heteroatoms. The standard InChI is InChI=1S/C9H16O10/c1-8(18,6(14)15)9(19,7(16)17)5(13)4(12)3(11)2-10/h3-5,10-13,18-19H,2H2,1H3,(H,14,15)(H,16,17). The Hall–Kier alpha value is -1.30. The van der Waals surface area contributed by atoms with Gasteiger partial charge in [-0.1, -0.05) is 0 Å². The van der Waals surface area contributed by atoms with Crippen LogP contribution in [-0.2, 0) is 9.59 Å². The van der Waals surface area contributed by atoms with E-state index in [9.17, 15) is 30.0 Å². The van der Waals surface area contributed by atoms with Crippen molar-refractivity contribution in [3.63, 3.8) is 0 Å². The van der Waals surface area contributed by atoms with E-state index in [4.69, 9.17) is 20.4 Å². The predicted octanol–water partition coefficient (Wildman–Crippen LogP) is -4.29. The van der Waals surface area contributed by atoms with Crippen molar-refractivity contribution in [2.45, 2.75) is 36.4 Å². The number of aliphatic hydroxyl groups is 6. The van der Waals surface area contributed by atoms with Gasteiger partial charge in [0.05, 0.1) is 6.61 Å². The molecule has 0 aromatic rings. The van der Waals surface area contributed by atoms with Gasteiger partial charge in [-0.2, -0.15) is 0 Å². The van der Waals surface area contributed by atoms with Crippen LogP contribution in [0.25, 0.3) is 0 Å². The van der Waals surface area contributed by atoms with Gasteiger partial charge < -0.3 is 40.9 Å². The second-order valence-corrected chi connectivity index (χ2v) is 4.13. The molecule has 19 heavy (non-hydrogen) atoms. The Morgan fingerprint density at radius 2 is 1.47 bits per heavy atom. The average Bonchev–Trinajstić information content (AvgIpc) is 2.33. The fourth-order valence-corrected chi connectivity index (χ4v) is 1.35. The molecule has 0 aromatic carbocycles. The lowest BCUT2D eigenvalue weighted by molar-refractivity contribution is -0.240. The number of hydrogen-bond donors (Lipinski definition) is 8. The summed E-state index contributed by atoms with van der Waals surface area (Å²) < 4.78 is 0. The Kier molecular flexibility index (Phi) is 5.38. The molecule has 0 saturated carbocycles. The van der Waals surface area contributed by atoms with Gasteiger partial charge in [-0.15, -0.1) is 0 Å². The summed E-state index contributed by atoms with van der Waals surface area (Å²) in [6, 6.07) is 0. The number of aliphatic carboxylic acids is 2. The molecule has 0 aliphatic carbocycles. The molecule has 0 spiro atoms. The third kappa shape index (κ3) is 2.83. The van der Waals surface area contributed by atoms with Crippen molar-refractivity contribution in [1.82, 2.24) is 0 Å². The van der Waals surface area contributed by atoms with Crippen LogP contribution in [0.2, 0.25) is 0 Å². The molecule has 0 bridgehead atoms. The minimum atomic E-state index is -3.71. The van der Waals surface area contributed by atoms with Gasteiger partial charge in [0, 0.05) is 0 Å². The summed E-state index contributed by atoms with van der Waals surface area (Å²) >= 11 is 0. The lowest BCUT2D eigenvalue weighted by Gasteiger charge is -2.40. The topological polar surface area (TPSA) is 196 Å². The molecular formula is C9H16O10. The Morgan fingerprint density at radius 3 is 1.74 bits per heavy atom. The van der Waals surface area contributed by atoms with E-state index < -0.39 is 48.1 Å². The zero-order valence-corrected chi connectivity index (χ0v) is 9.83. The van der Waals surface area contributed by atoms with Crippen molar-refractivity contribution in [1.29, 1.82) is 0 Å². The largest absolute Gasteiger partial charge is 0.479 e. The van der Waals surface area contributed by atoms with Crippen molar-refractivity contribution < 1.29 is 50.4 Å². The summed E-state index contributed by atoms with van der Waals surface area (Å²) in [5.41, 5.74) is -7.08. The highest BCUT2D eigenvalue weighted by atomic mass is 16.5. The summed E-state index contributed by atoms with van der Waals surface area (Å²) in [4.78, 5) is 21.7. The maximum absolute atomic E-state index is 10.9. The second kappa shape index (κ2) is 5.77. The first kappa shape index (κ1) is 17.7. The van der Waals surface area contributed by atoms with Crippen LogP contribution >= 0.6 is 0 Å². The predicted molar refractivity (Wildman–Crippen MR) is 56.0 cm³/mol. The molecule has 0 radical (unpaired) electrons. The molecule has 0 amide bonds. The zero-order valence-electron chi connectivity index (χ0n) is 9.83. The molecule has 5 unspecified atom stereocenters. The first-order valence-corrected chi connectivity index (χ1v) is 5.01. The fourth-order valence-electron chi connectivity index (χ4n) is 1.35. The number of rotatable bonds is 7. The summed E-state index contributed by atoms with van der Waals surface area (Å²) in [5, 5.41) is 73.2. The normalized spacial score (nSPS) is 22.7. The lowest BCUT2D eigenvalue weighted by Crippen LogP contribution is -2.71. The average molecular weight is 284 g/mol. The van der Waals surface area contributed by atoms with Gasteiger partial charge in [-0.05, 0) is 6.92 Å². The summed E-state index contributed by atoms with van der Waals surface area (Å²) in [6.07, 6.45) is -7.24. The Balaban J connectivity index is 5.67. The molecule has 0 aliphatic heterocycles. The maximum Gasteiger partial charge on any atom is 0.342 e. The molecular weight excluding hydrogens is 268 g/mol. The third-order valence-corrected chi connectivity index (χ3v) is 2.82. The number of carboxylic acid groups (broad SMARTS) is 2. The van der Waals surface area contributed by atoms with Crippen LogP contribution in [0.3, 0.4) is 0 Å². The Labute approximate surface area is 106 Å². The van der Waals surface area contributed by atoms with Crippen molar-refractivity contribution in [2.24, 2.45) is 0 Å². The number of carbonyl (C=O) groups is 2. The van der Waals surface area contributed by atoms with E-state index >= 15 is 0 Å². The Morgan fingerprint density at radius 1 is 1.05 bits per heavy atom. The molecule has 5 atom stereocenters. The lowest BCUT2D eigenvalue weighted by atomic mass is 9.77. The zero-order chi connectivity index (χ0) is 15.6. The van der Waals surface area contributed by atoms with Crippen LogP contribution < -0.4 is 0 Å². The van der Waals surface area contributed by atoms with Crippen molar-refractivity contribution >= 4 is 11.9 Å². The molecule has 112 valence electrons. The minimum Gasteiger partial charge on any atom is -0.479 e. The van der Waals surface area contributed by atoms with Crippen LogP contribution in [0.4, 0.5) is 0 Å². The monoisotopic (exact) mass is 284 g/mol. The van der Waals surface area contributed by atoms with E-state index in [1.807, 2.05) is 0 Å². The number of carboxylic acids is 2. The van der Waals surface area contributed by atoms with E-state index in [1.165, 1.54) is 0 Å². The van der Waals surface area contributed by atoms with E-state index in [0.717, 1.165) is 0 Å². The maximum atomic E-state index is 10.9. The second-order valence-electron chi connectivity index (χ2n) is 4.13. The Bertz CT molecular complexity index is 353. The first-order chi connectivity index (χ1) is 8.44. The molecule has 0 fully saturated rings. The van der Waals surface area contributed by atoms with Crippen LogP contribution in [0.15, 0.2) is 0 Å². The van der Waals surface area contributed by atoms with Gasteiger partial charge in [0.1, 0.15) is 18.3 Å². The molecule has 10 nitrogen and oxygen atoms in total. The van der Waals surface area contributed by atoms with Gasteiger partial charge in [-0.25, -0.2) is 9.59 Å².